The Morgan fingerprint density at radius 3 is 2.20 bits per heavy atom. The van der Waals surface area contributed by atoms with Crippen molar-refractivity contribution in [1.82, 2.24) is 19.8 Å². The predicted molar refractivity (Wildman–Crippen MR) is 99.7 cm³/mol. The van der Waals surface area contributed by atoms with Crippen molar-refractivity contribution in [3.8, 4) is 0 Å². The van der Waals surface area contributed by atoms with Gasteiger partial charge in [0, 0.05) is 51.7 Å². The molecule has 1 aromatic heterocycles. The molecule has 0 N–H and O–H groups in total. The first-order valence-corrected chi connectivity index (χ1v) is 9.73. The summed E-state index contributed by atoms with van der Waals surface area (Å²) in [5.41, 5.74) is 1.14. The van der Waals surface area contributed by atoms with Gasteiger partial charge in [-0.05, 0) is 32.6 Å². The predicted octanol–water partition coefficient (Wildman–Crippen LogP) is 2.09. The van der Waals surface area contributed by atoms with Crippen LogP contribution in [0.4, 0.5) is 5.69 Å². The summed E-state index contributed by atoms with van der Waals surface area (Å²) in [6, 6.07) is 0.648. The highest BCUT2D eigenvalue weighted by molar-refractivity contribution is 5.75. The highest BCUT2D eigenvalue weighted by Crippen LogP contribution is 2.21. The molecule has 1 amide bonds. The van der Waals surface area contributed by atoms with Crippen molar-refractivity contribution in [3.63, 3.8) is 0 Å². The van der Waals surface area contributed by atoms with E-state index in [9.17, 15) is 4.79 Å². The van der Waals surface area contributed by atoms with Gasteiger partial charge in [-0.15, -0.1) is 0 Å². The molecule has 3 rings (SSSR count). The Balaban J connectivity index is 1.48. The van der Waals surface area contributed by atoms with E-state index >= 15 is 0 Å². The molecule has 6 heteroatoms. The number of hydrogen-bond donors (Lipinski definition) is 0. The van der Waals surface area contributed by atoms with Gasteiger partial charge in [0.1, 0.15) is 5.82 Å². The van der Waals surface area contributed by atoms with E-state index in [1.165, 1.54) is 12.8 Å². The van der Waals surface area contributed by atoms with Crippen molar-refractivity contribution in [2.45, 2.75) is 52.0 Å². The van der Waals surface area contributed by atoms with E-state index in [4.69, 9.17) is 0 Å². The first-order chi connectivity index (χ1) is 12.2. The van der Waals surface area contributed by atoms with E-state index in [1.807, 2.05) is 31.1 Å². The maximum Gasteiger partial charge on any atom is 0.222 e. The van der Waals surface area contributed by atoms with Crippen LogP contribution in [0.3, 0.4) is 0 Å². The number of carbonyl (C=O) groups is 1. The summed E-state index contributed by atoms with van der Waals surface area (Å²) in [7, 11) is 0. The van der Waals surface area contributed by atoms with Gasteiger partial charge in [0.05, 0.1) is 18.1 Å². The molecule has 0 spiro atoms. The Labute approximate surface area is 151 Å². The Morgan fingerprint density at radius 2 is 1.64 bits per heavy atom. The molecule has 0 aliphatic carbocycles. The van der Waals surface area contributed by atoms with Gasteiger partial charge in [0.2, 0.25) is 5.91 Å². The van der Waals surface area contributed by atoms with Crippen molar-refractivity contribution in [3.05, 3.63) is 18.2 Å². The maximum atomic E-state index is 11.8. The second-order valence-electron chi connectivity index (χ2n) is 7.18. The molecule has 2 saturated heterocycles. The number of rotatable bonds is 3. The largest absolute Gasteiger partial charge is 0.369 e. The van der Waals surface area contributed by atoms with Crippen LogP contribution in [0.15, 0.2) is 12.4 Å². The van der Waals surface area contributed by atoms with Crippen LogP contribution >= 0.6 is 0 Å². The number of aryl methyl sites for hydroxylation is 1. The molecular weight excluding hydrogens is 314 g/mol. The minimum Gasteiger partial charge on any atom is -0.369 e. The first-order valence-electron chi connectivity index (χ1n) is 9.73. The van der Waals surface area contributed by atoms with Crippen molar-refractivity contribution < 1.29 is 4.79 Å². The molecule has 25 heavy (non-hydrogen) atoms. The minimum absolute atomic E-state index is 0.307. The van der Waals surface area contributed by atoms with Gasteiger partial charge >= 0.3 is 0 Å². The van der Waals surface area contributed by atoms with Gasteiger partial charge in [-0.3, -0.25) is 4.79 Å². The van der Waals surface area contributed by atoms with Crippen LogP contribution in [0.1, 0.15) is 44.9 Å². The zero-order chi connectivity index (χ0) is 17.6. The van der Waals surface area contributed by atoms with Gasteiger partial charge in [0.25, 0.3) is 0 Å². The monoisotopic (exact) mass is 345 g/mol. The highest BCUT2D eigenvalue weighted by Gasteiger charge is 2.26. The third kappa shape index (κ3) is 4.69. The average molecular weight is 345 g/mol. The van der Waals surface area contributed by atoms with E-state index in [-0.39, 0.29) is 0 Å². The van der Waals surface area contributed by atoms with Gasteiger partial charge in [-0.1, -0.05) is 6.92 Å². The zero-order valence-corrected chi connectivity index (χ0v) is 15.7. The molecule has 2 aliphatic heterocycles. The first kappa shape index (κ1) is 18.1. The lowest BCUT2D eigenvalue weighted by atomic mass is 10.0. The van der Waals surface area contributed by atoms with Crippen LogP contribution in [0, 0.1) is 6.92 Å². The van der Waals surface area contributed by atoms with E-state index < -0.39 is 0 Å². The minimum atomic E-state index is 0.307. The van der Waals surface area contributed by atoms with Crippen molar-refractivity contribution in [2.75, 3.05) is 44.2 Å². The molecule has 138 valence electrons. The van der Waals surface area contributed by atoms with Crippen LogP contribution in [0.2, 0.25) is 0 Å². The molecular formula is C19H31N5O. The van der Waals surface area contributed by atoms with Gasteiger partial charge in [0.15, 0.2) is 0 Å². The number of likely N-dealkylation sites (tertiary alicyclic amines) is 1. The summed E-state index contributed by atoms with van der Waals surface area (Å²) in [5.74, 6) is 1.14. The molecule has 2 aliphatic rings. The average Bonchev–Trinajstić information content (AvgIpc) is 2.62. The number of nitrogens with zero attached hydrogens (tertiary/aromatic N) is 5. The number of aromatic nitrogens is 2. The lowest BCUT2D eigenvalue weighted by Gasteiger charge is -2.40. The fourth-order valence-electron chi connectivity index (χ4n) is 4.03. The smallest absolute Gasteiger partial charge is 0.222 e. The summed E-state index contributed by atoms with van der Waals surface area (Å²) in [6.45, 7) is 10.2. The molecule has 1 aromatic rings. The summed E-state index contributed by atoms with van der Waals surface area (Å²) in [5, 5.41) is 0. The van der Waals surface area contributed by atoms with Crippen molar-refractivity contribution in [2.24, 2.45) is 0 Å². The van der Waals surface area contributed by atoms with Crippen LogP contribution in [-0.4, -0.2) is 71.0 Å². The summed E-state index contributed by atoms with van der Waals surface area (Å²) < 4.78 is 0. The number of carbonyl (C=O) groups excluding carboxylic acids is 1. The molecule has 2 fully saturated rings. The topological polar surface area (TPSA) is 52.6 Å². The molecule has 6 nitrogen and oxygen atoms in total. The lowest BCUT2D eigenvalue weighted by Crippen LogP contribution is -2.48. The van der Waals surface area contributed by atoms with Crippen LogP contribution in [0.25, 0.3) is 0 Å². The van der Waals surface area contributed by atoms with Crippen LogP contribution in [0.5, 0.6) is 0 Å². The summed E-state index contributed by atoms with van der Waals surface area (Å²) >= 11 is 0. The summed E-state index contributed by atoms with van der Waals surface area (Å²) in [4.78, 5) is 27.6. The lowest BCUT2D eigenvalue weighted by molar-refractivity contribution is -0.132. The molecule has 0 aromatic carbocycles. The summed E-state index contributed by atoms with van der Waals surface area (Å²) in [6.07, 6.45) is 9.11. The number of amides is 1. The maximum absolute atomic E-state index is 11.8. The van der Waals surface area contributed by atoms with Crippen LogP contribution in [-0.2, 0) is 4.79 Å². The van der Waals surface area contributed by atoms with E-state index in [2.05, 4.69) is 19.8 Å². The van der Waals surface area contributed by atoms with Gasteiger partial charge < -0.3 is 14.7 Å². The van der Waals surface area contributed by atoms with Crippen molar-refractivity contribution >= 4 is 11.6 Å². The Hall–Kier alpha value is -1.69. The molecule has 0 unspecified atom stereocenters. The quantitative estimate of drug-likeness (QED) is 0.840. The second-order valence-corrected chi connectivity index (χ2v) is 7.18. The fraction of sp³-hybridized carbons (Fsp3) is 0.737. The number of anilines is 1. The SMILES string of the molecule is CCC(=O)N1CCC(N2CCCN(c3cnc(C)nc3)CCC2)CC1. The molecule has 0 radical (unpaired) electrons. The Morgan fingerprint density at radius 1 is 1.04 bits per heavy atom. The van der Waals surface area contributed by atoms with Gasteiger partial charge in [-0.25, -0.2) is 9.97 Å². The molecule has 0 atom stereocenters. The van der Waals surface area contributed by atoms with Crippen LogP contribution < -0.4 is 4.90 Å². The third-order valence-electron chi connectivity index (χ3n) is 5.52. The fourth-order valence-corrected chi connectivity index (χ4v) is 4.03. The standard InChI is InChI=1S/C19H31N5O/c1-3-19(25)24-12-6-17(7-13-24)22-8-4-10-23(11-5-9-22)18-14-20-16(2)21-15-18/h14-15,17H,3-13H2,1-2H3. The van der Waals surface area contributed by atoms with Gasteiger partial charge in [-0.2, -0.15) is 0 Å². The molecule has 3 heterocycles. The normalized spacial score (nSPS) is 21.0. The second kappa shape index (κ2) is 8.61. The van der Waals surface area contributed by atoms with Crippen molar-refractivity contribution in [1.29, 1.82) is 0 Å². The van der Waals surface area contributed by atoms with E-state index in [0.717, 1.165) is 63.6 Å². The number of hydrogen-bond acceptors (Lipinski definition) is 5. The zero-order valence-electron chi connectivity index (χ0n) is 15.7. The number of piperidine rings is 1. The van der Waals surface area contributed by atoms with E-state index in [1.54, 1.807) is 0 Å². The Kier molecular flexibility index (Phi) is 6.24. The molecule has 0 bridgehead atoms. The van der Waals surface area contributed by atoms with E-state index in [0.29, 0.717) is 18.4 Å². The highest BCUT2D eigenvalue weighted by atomic mass is 16.2. The molecule has 0 saturated carbocycles. The Bertz CT molecular complexity index is 543. The third-order valence-corrected chi connectivity index (χ3v) is 5.52.